The van der Waals surface area contributed by atoms with Crippen LogP contribution in [0.3, 0.4) is 0 Å². The van der Waals surface area contributed by atoms with Crippen LogP contribution >= 0.6 is 0 Å². The zero-order valence-corrected chi connectivity index (χ0v) is 12.4. The van der Waals surface area contributed by atoms with Crippen molar-refractivity contribution in [3.05, 3.63) is 34.9 Å². The summed E-state index contributed by atoms with van der Waals surface area (Å²) in [5.41, 5.74) is 4.87. The third-order valence-corrected chi connectivity index (χ3v) is 4.75. The Kier molecular flexibility index (Phi) is 3.71. The first-order valence-electron chi connectivity index (χ1n) is 6.47. The highest BCUT2D eigenvalue weighted by atomic mass is 32.2. The molecule has 3 heteroatoms. The fourth-order valence-corrected chi connectivity index (χ4v) is 2.74. The quantitative estimate of drug-likeness (QED) is 0.751. The Hall–Kier alpha value is -0.960. The second kappa shape index (κ2) is 4.96. The minimum absolute atomic E-state index is 0.294. The maximum atomic E-state index is 12.0. The molecule has 2 nitrogen and oxygen atoms in total. The van der Waals surface area contributed by atoms with Gasteiger partial charge in [0.1, 0.15) is 11.0 Å². The molecule has 0 unspecified atom stereocenters. The van der Waals surface area contributed by atoms with Gasteiger partial charge in [0.25, 0.3) is 0 Å². The molecule has 0 N–H and O–H groups in total. The van der Waals surface area contributed by atoms with Gasteiger partial charge in [-0.25, -0.2) is 4.21 Å². The summed E-state index contributed by atoms with van der Waals surface area (Å²) in [6.07, 6.45) is 3.61. The van der Waals surface area contributed by atoms with Crippen LogP contribution in [0.1, 0.15) is 50.8 Å². The summed E-state index contributed by atoms with van der Waals surface area (Å²) < 4.78 is 16.0. The Morgan fingerprint density at radius 1 is 1.22 bits per heavy atom. The predicted octanol–water partition coefficient (Wildman–Crippen LogP) is 3.45. The van der Waals surface area contributed by atoms with E-state index in [0.717, 1.165) is 11.3 Å². The summed E-state index contributed by atoms with van der Waals surface area (Å²) in [4.78, 5) is 0. The lowest BCUT2D eigenvalue weighted by Gasteiger charge is -2.14. The molecule has 1 aliphatic rings. The normalized spacial score (nSPS) is 17.7. The van der Waals surface area contributed by atoms with E-state index in [-0.39, 0.29) is 4.75 Å². The first-order chi connectivity index (χ1) is 8.38. The maximum absolute atomic E-state index is 12.0. The second-order valence-corrected chi connectivity index (χ2v) is 7.78. The molecule has 0 heterocycles. The lowest BCUT2D eigenvalue weighted by atomic mass is 10.0. The van der Waals surface area contributed by atoms with Gasteiger partial charge in [0.15, 0.2) is 0 Å². The minimum Gasteiger partial charge on any atom is -0.234 e. The monoisotopic (exact) mass is 263 g/mol. The standard InChI is InChI=1S/C15H21NOS/c1-11(16-18(17)15(2,3)4)13-9-8-12-6-5-7-14(12)10-13/h8-10H,5-7H2,1-4H3/b16-11+/t18-/m1/s1. The van der Waals surface area contributed by atoms with Gasteiger partial charge in [-0.15, -0.1) is 0 Å². The summed E-state index contributed by atoms with van der Waals surface area (Å²) in [5.74, 6) is 0. The Balaban J connectivity index is 2.27. The molecule has 0 aliphatic heterocycles. The summed E-state index contributed by atoms with van der Waals surface area (Å²) in [6.45, 7) is 7.79. The lowest BCUT2D eigenvalue weighted by Crippen LogP contribution is -2.20. The molecule has 18 heavy (non-hydrogen) atoms. The van der Waals surface area contributed by atoms with Crippen LogP contribution in [-0.4, -0.2) is 14.7 Å². The molecule has 98 valence electrons. The number of hydrogen-bond acceptors (Lipinski definition) is 1. The minimum atomic E-state index is -1.18. The average molecular weight is 263 g/mol. The SMILES string of the molecule is C/C(=N\[S@](=O)C(C)(C)C)c1ccc2c(c1)CCC2. The Bertz CT molecular complexity index is 512. The van der Waals surface area contributed by atoms with Crippen molar-refractivity contribution in [1.82, 2.24) is 0 Å². The molecule has 0 amide bonds. The molecule has 0 saturated heterocycles. The van der Waals surface area contributed by atoms with Gasteiger partial charge in [0.2, 0.25) is 0 Å². The van der Waals surface area contributed by atoms with Crippen LogP contribution in [0.5, 0.6) is 0 Å². The molecule has 0 spiro atoms. The smallest absolute Gasteiger partial charge is 0.145 e. The van der Waals surface area contributed by atoms with E-state index in [1.807, 2.05) is 27.7 Å². The Morgan fingerprint density at radius 2 is 1.89 bits per heavy atom. The molecule has 0 aromatic heterocycles. The van der Waals surface area contributed by atoms with Crippen molar-refractivity contribution in [3.8, 4) is 0 Å². The fourth-order valence-electron chi connectivity index (χ4n) is 2.11. The zero-order chi connectivity index (χ0) is 13.3. The van der Waals surface area contributed by atoms with Gasteiger partial charge in [-0.2, -0.15) is 4.40 Å². The molecule has 0 fully saturated rings. The fraction of sp³-hybridized carbons (Fsp3) is 0.533. The van der Waals surface area contributed by atoms with Gasteiger partial charge < -0.3 is 0 Å². The Labute approximate surface area is 112 Å². The first kappa shape index (κ1) is 13.5. The number of nitrogens with zero attached hydrogens (tertiary/aromatic N) is 1. The number of rotatable bonds is 2. The van der Waals surface area contributed by atoms with Gasteiger partial charge in [-0.1, -0.05) is 12.1 Å². The van der Waals surface area contributed by atoms with Crippen molar-refractivity contribution in [2.24, 2.45) is 4.40 Å². The topological polar surface area (TPSA) is 29.4 Å². The molecule has 1 aliphatic carbocycles. The van der Waals surface area contributed by atoms with Crippen LogP contribution in [0, 0.1) is 0 Å². The van der Waals surface area contributed by atoms with Gasteiger partial charge in [-0.3, -0.25) is 0 Å². The van der Waals surface area contributed by atoms with Crippen LogP contribution in [0.4, 0.5) is 0 Å². The molecular formula is C15H21NOS. The third-order valence-electron chi connectivity index (χ3n) is 3.26. The molecule has 0 bridgehead atoms. The molecule has 1 aromatic rings. The van der Waals surface area contributed by atoms with Crippen LogP contribution in [0.25, 0.3) is 0 Å². The van der Waals surface area contributed by atoms with E-state index in [2.05, 4.69) is 22.6 Å². The van der Waals surface area contributed by atoms with Crippen LogP contribution < -0.4 is 0 Å². The summed E-state index contributed by atoms with van der Waals surface area (Å²) in [6, 6.07) is 6.50. The molecular weight excluding hydrogens is 242 g/mol. The van der Waals surface area contributed by atoms with Gasteiger partial charge in [-0.05, 0) is 69.7 Å². The molecule has 1 aromatic carbocycles. The van der Waals surface area contributed by atoms with Crippen molar-refractivity contribution in [1.29, 1.82) is 0 Å². The van der Waals surface area contributed by atoms with Gasteiger partial charge in [0.05, 0.1) is 10.5 Å². The maximum Gasteiger partial charge on any atom is 0.145 e. The van der Waals surface area contributed by atoms with Crippen molar-refractivity contribution < 1.29 is 4.21 Å². The van der Waals surface area contributed by atoms with Crippen molar-refractivity contribution in [3.63, 3.8) is 0 Å². The lowest BCUT2D eigenvalue weighted by molar-refractivity contribution is 0.650. The highest BCUT2D eigenvalue weighted by Crippen LogP contribution is 2.23. The van der Waals surface area contributed by atoms with E-state index in [1.54, 1.807) is 0 Å². The second-order valence-electron chi connectivity index (χ2n) is 5.88. The Morgan fingerprint density at radius 3 is 2.56 bits per heavy atom. The van der Waals surface area contributed by atoms with Crippen LogP contribution in [0.2, 0.25) is 0 Å². The van der Waals surface area contributed by atoms with Crippen molar-refractivity contribution in [2.45, 2.75) is 51.7 Å². The number of fused-ring (bicyclic) bond motifs is 1. The predicted molar refractivity (Wildman–Crippen MR) is 78.6 cm³/mol. The third kappa shape index (κ3) is 2.89. The van der Waals surface area contributed by atoms with Crippen LogP contribution in [0.15, 0.2) is 22.6 Å². The molecule has 2 rings (SSSR count). The molecule has 0 saturated carbocycles. The van der Waals surface area contributed by atoms with Gasteiger partial charge in [0, 0.05) is 0 Å². The van der Waals surface area contributed by atoms with E-state index in [1.165, 1.54) is 30.4 Å². The summed E-state index contributed by atoms with van der Waals surface area (Å²) in [5, 5.41) is 0. The summed E-state index contributed by atoms with van der Waals surface area (Å²) in [7, 11) is -1.18. The van der Waals surface area contributed by atoms with Crippen LogP contribution in [-0.2, 0) is 23.8 Å². The van der Waals surface area contributed by atoms with E-state index in [9.17, 15) is 4.21 Å². The molecule has 1 atom stereocenters. The largest absolute Gasteiger partial charge is 0.234 e. The van der Waals surface area contributed by atoms with Crippen molar-refractivity contribution in [2.75, 3.05) is 0 Å². The van der Waals surface area contributed by atoms with Crippen molar-refractivity contribution >= 4 is 16.7 Å². The van der Waals surface area contributed by atoms with E-state index < -0.39 is 11.0 Å². The average Bonchev–Trinajstić information content (AvgIpc) is 2.74. The first-order valence-corrected chi connectivity index (χ1v) is 7.58. The van der Waals surface area contributed by atoms with Gasteiger partial charge >= 0.3 is 0 Å². The van der Waals surface area contributed by atoms with E-state index >= 15 is 0 Å². The highest BCUT2D eigenvalue weighted by Gasteiger charge is 2.19. The number of benzene rings is 1. The highest BCUT2D eigenvalue weighted by molar-refractivity contribution is 7.85. The summed E-state index contributed by atoms with van der Waals surface area (Å²) >= 11 is 0. The van der Waals surface area contributed by atoms with E-state index in [0.29, 0.717) is 0 Å². The molecule has 0 radical (unpaired) electrons. The number of aryl methyl sites for hydroxylation is 2. The van der Waals surface area contributed by atoms with E-state index in [4.69, 9.17) is 0 Å². The zero-order valence-electron chi connectivity index (χ0n) is 11.6. The number of hydrogen-bond donors (Lipinski definition) is 0.